The van der Waals surface area contributed by atoms with Crippen LogP contribution < -0.4 is 5.32 Å². The van der Waals surface area contributed by atoms with E-state index in [1.54, 1.807) is 6.33 Å². The fourth-order valence-corrected chi connectivity index (χ4v) is 2.25. The number of imidazole rings is 1. The molecule has 1 atom stereocenters. The fourth-order valence-electron chi connectivity index (χ4n) is 2.25. The predicted octanol–water partition coefficient (Wildman–Crippen LogP) is 1.24. The number of hydrogen-bond donors (Lipinski definition) is 2. The normalized spacial score (nSPS) is 18.2. The number of carbonyl (C=O) groups excluding carboxylic acids is 1. The number of hydrogen-bond acceptors (Lipinski definition) is 3. The molecule has 0 radical (unpaired) electrons. The van der Waals surface area contributed by atoms with Crippen LogP contribution in [0.25, 0.3) is 11.0 Å². The molecule has 1 unspecified atom stereocenters. The Hall–Kier alpha value is -1.88. The lowest BCUT2D eigenvalue weighted by Crippen LogP contribution is -2.42. The molecule has 0 saturated heterocycles. The SMILES string of the molecule is CC(C(=O)NC1(CO)CC1)n1cnc2ccccc21. The summed E-state index contributed by atoms with van der Waals surface area (Å²) in [7, 11) is 0. The number of amides is 1. The molecule has 1 aliphatic carbocycles. The second kappa shape index (κ2) is 4.35. The number of para-hydroxylation sites is 2. The first kappa shape index (κ1) is 12.2. The molecule has 1 aromatic carbocycles. The summed E-state index contributed by atoms with van der Waals surface area (Å²) in [5.74, 6) is -0.0743. The van der Waals surface area contributed by atoms with Crippen LogP contribution in [0, 0.1) is 0 Å². The Kier molecular flexibility index (Phi) is 2.78. The highest BCUT2D eigenvalue weighted by Crippen LogP contribution is 2.35. The van der Waals surface area contributed by atoms with E-state index in [0.717, 1.165) is 23.9 Å². The van der Waals surface area contributed by atoms with Crippen molar-refractivity contribution in [2.75, 3.05) is 6.61 Å². The highest BCUT2D eigenvalue weighted by Gasteiger charge is 2.44. The number of benzene rings is 1. The van der Waals surface area contributed by atoms with Gasteiger partial charge in [0.2, 0.25) is 5.91 Å². The molecule has 1 heterocycles. The summed E-state index contributed by atoms with van der Waals surface area (Å²) in [5.41, 5.74) is 1.45. The summed E-state index contributed by atoms with van der Waals surface area (Å²) in [6.45, 7) is 1.85. The van der Waals surface area contributed by atoms with Crippen molar-refractivity contribution in [2.45, 2.75) is 31.3 Å². The van der Waals surface area contributed by atoms with Gasteiger partial charge in [-0.3, -0.25) is 4.79 Å². The van der Waals surface area contributed by atoms with Gasteiger partial charge in [0.15, 0.2) is 0 Å². The first-order chi connectivity index (χ1) is 9.15. The maximum absolute atomic E-state index is 12.2. The summed E-state index contributed by atoms with van der Waals surface area (Å²) in [6, 6.07) is 7.39. The third-order valence-corrected chi connectivity index (χ3v) is 3.82. The summed E-state index contributed by atoms with van der Waals surface area (Å²) in [5, 5.41) is 12.2. The maximum Gasteiger partial charge on any atom is 0.243 e. The van der Waals surface area contributed by atoms with Crippen LogP contribution in [0.5, 0.6) is 0 Å². The van der Waals surface area contributed by atoms with Crippen LogP contribution in [-0.4, -0.2) is 32.7 Å². The first-order valence-electron chi connectivity index (χ1n) is 6.50. The molecule has 100 valence electrons. The highest BCUT2D eigenvalue weighted by molar-refractivity contribution is 5.84. The van der Waals surface area contributed by atoms with Crippen molar-refractivity contribution >= 4 is 16.9 Å². The zero-order valence-corrected chi connectivity index (χ0v) is 10.8. The zero-order chi connectivity index (χ0) is 13.5. The van der Waals surface area contributed by atoms with Gasteiger partial charge in [0.05, 0.1) is 29.5 Å². The summed E-state index contributed by atoms with van der Waals surface area (Å²) in [4.78, 5) is 16.5. The predicted molar refractivity (Wildman–Crippen MR) is 71.6 cm³/mol. The molecule has 19 heavy (non-hydrogen) atoms. The van der Waals surface area contributed by atoms with Gasteiger partial charge in [-0.05, 0) is 31.9 Å². The molecule has 1 saturated carbocycles. The van der Waals surface area contributed by atoms with E-state index in [1.807, 2.05) is 35.8 Å². The third kappa shape index (κ3) is 2.10. The number of aliphatic hydroxyl groups excluding tert-OH is 1. The number of nitrogens with one attached hydrogen (secondary N) is 1. The maximum atomic E-state index is 12.2. The number of aliphatic hydroxyl groups is 1. The smallest absolute Gasteiger partial charge is 0.243 e. The average Bonchev–Trinajstić information content (AvgIpc) is 3.08. The van der Waals surface area contributed by atoms with Crippen LogP contribution in [0.1, 0.15) is 25.8 Å². The molecular weight excluding hydrogens is 242 g/mol. The molecule has 5 nitrogen and oxygen atoms in total. The van der Waals surface area contributed by atoms with Gasteiger partial charge >= 0.3 is 0 Å². The minimum Gasteiger partial charge on any atom is -0.394 e. The van der Waals surface area contributed by atoms with Crippen LogP contribution in [0.2, 0.25) is 0 Å². The van der Waals surface area contributed by atoms with Gasteiger partial charge in [-0.1, -0.05) is 12.1 Å². The second-order valence-electron chi connectivity index (χ2n) is 5.24. The standard InChI is InChI=1S/C14H17N3O2/c1-10(13(19)16-14(8-18)6-7-14)17-9-15-11-4-2-3-5-12(11)17/h2-5,9-10,18H,6-8H2,1H3,(H,16,19). The third-order valence-electron chi connectivity index (χ3n) is 3.82. The monoisotopic (exact) mass is 259 g/mol. The van der Waals surface area contributed by atoms with E-state index in [-0.39, 0.29) is 24.1 Å². The summed E-state index contributed by atoms with van der Waals surface area (Å²) >= 11 is 0. The zero-order valence-electron chi connectivity index (χ0n) is 10.8. The Balaban J connectivity index is 1.83. The van der Waals surface area contributed by atoms with Crippen molar-refractivity contribution in [1.29, 1.82) is 0 Å². The van der Waals surface area contributed by atoms with Gasteiger partial charge in [-0.25, -0.2) is 4.98 Å². The van der Waals surface area contributed by atoms with E-state index in [9.17, 15) is 9.90 Å². The fraction of sp³-hybridized carbons (Fsp3) is 0.429. The van der Waals surface area contributed by atoms with Crippen LogP contribution in [-0.2, 0) is 4.79 Å². The average molecular weight is 259 g/mol. The molecule has 1 amide bonds. The van der Waals surface area contributed by atoms with Gasteiger partial charge in [-0.15, -0.1) is 0 Å². The second-order valence-corrected chi connectivity index (χ2v) is 5.24. The molecule has 1 aliphatic rings. The minimum atomic E-state index is -0.373. The van der Waals surface area contributed by atoms with E-state index in [0.29, 0.717) is 0 Å². The summed E-state index contributed by atoms with van der Waals surface area (Å²) < 4.78 is 1.86. The molecule has 1 aromatic heterocycles. The van der Waals surface area contributed by atoms with E-state index in [2.05, 4.69) is 10.3 Å². The van der Waals surface area contributed by atoms with E-state index >= 15 is 0 Å². The van der Waals surface area contributed by atoms with E-state index in [4.69, 9.17) is 0 Å². The Morgan fingerprint density at radius 1 is 1.53 bits per heavy atom. The molecule has 2 N–H and O–H groups in total. The quantitative estimate of drug-likeness (QED) is 0.868. The topological polar surface area (TPSA) is 67.2 Å². The minimum absolute atomic E-state index is 0.0101. The van der Waals surface area contributed by atoms with Crippen molar-refractivity contribution in [3.63, 3.8) is 0 Å². The Labute approximate surface area is 111 Å². The molecule has 0 spiro atoms. The number of carbonyl (C=O) groups is 1. The van der Waals surface area contributed by atoms with Gasteiger partial charge in [0.25, 0.3) is 0 Å². The molecule has 2 aromatic rings. The van der Waals surface area contributed by atoms with E-state index in [1.165, 1.54) is 0 Å². The Morgan fingerprint density at radius 3 is 2.95 bits per heavy atom. The van der Waals surface area contributed by atoms with Gasteiger partial charge in [0, 0.05) is 0 Å². The van der Waals surface area contributed by atoms with Crippen LogP contribution in [0.15, 0.2) is 30.6 Å². The molecule has 0 aliphatic heterocycles. The number of fused-ring (bicyclic) bond motifs is 1. The van der Waals surface area contributed by atoms with E-state index < -0.39 is 0 Å². The largest absolute Gasteiger partial charge is 0.394 e. The first-order valence-corrected chi connectivity index (χ1v) is 6.50. The highest BCUT2D eigenvalue weighted by atomic mass is 16.3. The molecule has 1 fully saturated rings. The summed E-state index contributed by atoms with van der Waals surface area (Å²) in [6.07, 6.45) is 3.40. The lowest BCUT2D eigenvalue weighted by molar-refractivity contribution is -0.125. The van der Waals surface area contributed by atoms with Crippen molar-refractivity contribution in [1.82, 2.24) is 14.9 Å². The molecule has 3 rings (SSSR count). The van der Waals surface area contributed by atoms with Crippen molar-refractivity contribution in [3.05, 3.63) is 30.6 Å². The molecular formula is C14H17N3O2. The molecule has 0 bridgehead atoms. The Morgan fingerprint density at radius 2 is 2.26 bits per heavy atom. The van der Waals surface area contributed by atoms with Gasteiger partial charge < -0.3 is 15.0 Å². The van der Waals surface area contributed by atoms with Gasteiger partial charge in [0.1, 0.15) is 6.04 Å². The lowest BCUT2D eigenvalue weighted by Gasteiger charge is -2.19. The van der Waals surface area contributed by atoms with Crippen LogP contribution in [0.4, 0.5) is 0 Å². The number of aromatic nitrogens is 2. The van der Waals surface area contributed by atoms with Crippen molar-refractivity contribution in [2.24, 2.45) is 0 Å². The van der Waals surface area contributed by atoms with Crippen LogP contribution in [0.3, 0.4) is 0 Å². The van der Waals surface area contributed by atoms with Crippen LogP contribution >= 0.6 is 0 Å². The lowest BCUT2D eigenvalue weighted by atomic mass is 10.2. The van der Waals surface area contributed by atoms with Crippen molar-refractivity contribution in [3.8, 4) is 0 Å². The van der Waals surface area contributed by atoms with Crippen molar-refractivity contribution < 1.29 is 9.90 Å². The van der Waals surface area contributed by atoms with Gasteiger partial charge in [-0.2, -0.15) is 0 Å². The Bertz CT molecular complexity index is 616. The number of nitrogens with zero attached hydrogens (tertiary/aromatic N) is 2. The number of rotatable bonds is 4. The molecule has 5 heteroatoms.